The lowest BCUT2D eigenvalue weighted by Crippen LogP contribution is -2.38. The molecule has 20 heavy (non-hydrogen) atoms. The topological polar surface area (TPSA) is 53.5 Å². The molecule has 2 rings (SSSR count). The SMILES string of the molecule is CCN(CC)C1CCN(S(=O)(=O)c2ncccc2F)C1. The molecule has 2 heterocycles. The summed E-state index contributed by atoms with van der Waals surface area (Å²) in [7, 11) is -3.83. The third-order valence-corrected chi connectivity index (χ3v) is 5.56. The van der Waals surface area contributed by atoms with Crippen LogP contribution in [0.1, 0.15) is 20.3 Å². The molecule has 0 aromatic carbocycles. The Kier molecular flexibility index (Phi) is 4.72. The molecule has 1 aromatic rings. The second kappa shape index (κ2) is 6.15. The zero-order valence-electron chi connectivity index (χ0n) is 11.8. The number of hydrogen-bond acceptors (Lipinski definition) is 4. The third-order valence-electron chi connectivity index (χ3n) is 3.76. The van der Waals surface area contributed by atoms with Crippen LogP contribution in [0.4, 0.5) is 4.39 Å². The molecule has 1 atom stereocenters. The summed E-state index contributed by atoms with van der Waals surface area (Å²) in [5.41, 5.74) is 0. The fraction of sp³-hybridized carbons (Fsp3) is 0.615. The molecule has 0 N–H and O–H groups in total. The lowest BCUT2D eigenvalue weighted by Gasteiger charge is -2.25. The van der Waals surface area contributed by atoms with Gasteiger partial charge in [-0.3, -0.25) is 4.90 Å². The van der Waals surface area contributed by atoms with Gasteiger partial charge in [0, 0.05) is 25.3 Å². The number of nitrogens with zero attached hydrogens (tertiary/aromatic N) is 3. The number of halogens is 1. The van der Waals surface area contributed by atoms with Gasteiger partial charge in [0.15, 0.2) is 5.82 Å². The van der Waals surface area contributed by atoms with E-state index in [1.54, 1.807) is 0 Å². The number of sulfonamides is 1. The van der Waals surface area contributed by atoms with Gasteiger partial charge in [-0.25, -0.2) is 17.8 Å². The van der Waals surface area contributed by atoms with E-state index >= 15 is 0 Å². The smallest absolute Gasteiger partial charge is 0.263 e. The summed E-state index contributed by atoms with van der Waals surface area (Å²) in [5, 5.41) is -0.472. The van der Waals surface area contributed by atoms with Crippen LogP contribution >= 0.6 is 0 Å². The first-order valence-corrected chi connectivity index (χ1v) is 8.29. The Hall–Kier alpha value is -1.05. The van der Waals surface area contributed by atoms with Crippen LogP contribution in [0.2, 0.25) is 0 Å². The second-order valence-corrected chi connectivity index (χ2v) is 6.67. The lowest BCUT2D eigenvalue weighted by molar-refractivity contribution is 0.224. The van der Waals surface area contributed by atoms with E-state index in [-0.39, 0.29) is 6.04 Å². The maximum Gasteiger partial charge on any atom is 0.263 e. The molecule has 0 amide bonds. The average molecular weight is 301 g/mol. The molecule has 0 bridgehead atoms. The number of rotatable bonds is 5. The van der Waals surface area contributed by atoms with Gasteiger partial charge in [-0.1, -0.05) is 13.8 Å². The summed E-state index contributed by atoms with van der Waals surface area (Å²) < 4.78 is 39.8. The highest BCUT2D eigenvalue weighted by Crippen LogP contribution is 2.23. The molecule has 1 aromatic heterocycles. The summed E-state index contributed by atoms with van der Waals surface area (Å²) >= 11 is 0. The van der Waals surface area contributed by atoms with Crippen LogP contribution < -0.4 is 0 Å². The fourth-order valence-electron chi connectivity index (χ4n) is 2.65. The van der Waals surface area contributed by atoms with Gasteiger partial charge in [0.2, 0.25) is 5.03 Å². The molecule has 0 aliphatic carbocycles. The quantitative estimate of drug-likeness (QED) is 0.823. The average Bonchev–Trinajstić information content (AvgIpc) is 2.91. The van der Waals surface area contributed by atoms with Crippen LogP contribution in [0.3, 0.4) is 0 Å². The zero-order valence-corrected chi connectivity index (χ0v) is 12.6. The molecular formula is C13H20FN3O2S. The highest BCUT2D eigenvalue weighted by molar-refractivity contribution is 7.89. The number of pyridine rings is 1. The molecule has 1 fully saturated rings. The van der Waals surface area contributed by atoms with Crippen molar-refractivity contribution in [1.29, 1.82) is 0 Å². The molecular weight excluding hydrogens is 281 g/mol. The molecule has 5 nitrogen and oxygen atoms in total. The van der Waals surface area contributed by atoms with E-state index in [4.69, 9.17) is 0 Å². The molecule has 7 heteroatoms. The molecule has 1 unspecified atom stereocenters. The van der Waals surface area contributed by atoms with Crippen LogP contribution in [0.15, 0.2) is 23.4 Å². The van der Waals surface area contributed by atoms with Gasteiger partial charge < -0.3 is 0 Å². The summed E-state index contributed by atoms with van der Waals surface area (Å²) in [6, 6.07) is 2.71. The lowest BCUT2D eigenvalue weighted by atomic mass is 10.2. The summed E-state index contributed by atoms with van der Waals surface area (Å²) in [4.78, 5) is 5.91. The van der Waals surface area contributed by atoms with E-state index in [9.17, 15) is 12.8 Å². The normalized spacial score (nSPS) is 20.7. The highest BCUT2D eigenvalue weighted by atomic mass is 32.2. The highest BCUT2D eigenvalue weighted by Gasteiger charge is 2.36. The summed E-state index contributed by atoms with van der Waals surface area (Å²) in [6.07, 6.45) is 2.07. The van der Waals surface area contributed by atoms with Gasteiger partial charge in [0.05, 0.1) is 0 Å². The number of likely N-dealkylation sites (N-methyl/N-ethyl adjacent to an activating group) is 1. The molecule has 0 spiro atoms. The minimum absolute atomic E-state index is 0.201. The van der Waals surface area contributed by atoms with Gasteiger partial charge in [0.1, 0.15) is 0 Å². The number of hydrogen-bond donors (Lipinski definition) is 0. The van der Waals surface area contributed by atoms with Crippen molar-refractivity contribution in [1.82, 2.24) is 14.2 Å². The largest absolute Gasteiger partial charge is 0.300 e. The molecule has 0 radical (unpaired) electrons. The summed E-state index contributed by atoms with van der Waals surface area (Å²) in [6.45, 7) is 6.69. The van der Waals surface area contributed by atoms with Crippen molar-refractivity contribution in [2.45, 2.75) is 31.3 Å². The first kappa shape index (κ1) is 15.3. The van der Waals surface area contributed by atoms with E-state index in [0.29, 0.717) is 13.1 Å². The Morgan fingerprint density at radius 1 is 1.45 bits per heavy atom. The molecule has 1 aliphatic heterocycles. The van der Waals surface area contributed by atoms with Crippen molar-refractivity contribution in [3.05, 3.63) is 24.1 Å². The predicted molar refractivity (Wildman–Crippen MR) is 74.3 cm³/mol. The van der Waals surface area contributed by atoms with Crippen molar-refractivity contribution in [3.8, 4) is 0 Å². The second-order valence-electron chi connectivity index (χ2n) is 4.82. The fourth-order valence-corrected chi connectivity index (χ4v) is 4.12. The van der Waals surface area contributed by atoms with Crippen molar-refractivity contribution in [3.63, 3.8) is 0 Å². The van der Waals surface area contributed by atoms with E-state index < -0.39 is 20.9 Å². The van der Waals surface area contributed by atoms with E-state index in [1.165, 1.54) is 16.6 Å². The minimum Gasteiger partial charge on any atom is -0.300 e. The van der Waals surface area contributed by atoms with Crippen LogP contribution in [0.5, 0.6) is 0 Å². The first-order chi connectivity index (χ1) is 9.50. The van der Waals surface area contributed by atoms with Crippen molar-refractivity contribution < 1.29 is 12.8 Å². The van der Waals surface area contributed by atoms with Gasteiger partial charge in [-0.15, -0.1) is 0 Å². The molecule has 1 aliphatic rings. The van der Waals surface area contributed by atoms with E-state index in [2.05, 4.69) is 23.7 Å². The van der Waals surface area contributed by atoms with Crippen LogP contribution in [0, 0.1) is 5.82 Å². The molecule has 112 valence electrons. The van der Waals surface area contributed by atoms with E-state index in [0.717, 1.165) is 25.6 Å². The Bertz CT molecular complexity index is 560. The zero-order chi connectivity index (χ0) is 14.8. The third kappa shape index (κ3) is 2.84. The van der Waals surface area contributed by atoms with Gasteiger partial charge in [-0.2, -0.15) is 4.31 Å². The van der Waals surface area contributed by atoms with Gasteiger partial charge >= 0.3 is 0 Å². The van der Waals surface area contributed by atoms with Crippen LogP contribution in [-0.4, -0.2) is 54.8 Å². The predicted octanol–water partition coefficient (Wildman–Crippen LogP) is 1.33. The van der Waals surface area contributed by atoms with Gasteiger partial charge in [0.25, 0.3) is 10.0 Å². The van der Waals surface area contributed by atoms with Crippen LogP contribution in [-0.2, 0) is 10.0 Å². The van der Waals surface area contributed by atoms with Gasteiger partial charge in [-0.05, 0) is 31.6 Å². The summed E-state index contributed by atoms with van der Waals surface area (Å²) in [5.74, 6) is -0.793. The van der Waals surface area contributed by atoms with Crippen molar-refractivity contribution in [2.24, 2.45) is 0 Å². The molecule has 0 saturated carbocycles. The Balaban J connectivity index is 2.19. The maximum atomic E-state index is 13.6. The van der Waals surface area contributed by atoms with Crippen LogP contribution in [0.25, 0.3) is 0 Å². The van der Waals surface area contributed by atoms with Crippen molar-refractivity contribution >= 4 is 10.0 Å². The first-order valence-electron chi connectivity index (χ1n) is 6.85. The maximum absolute atomic E-state index is 13.6. The minimum atomic E-state index is -3.83. The Morgan fingerprint density at radius 2 is 2.15 bits per heavy atom. The Labute approximate surface area is 119 Å². The standard InChI is InChI=1S/C13H20FN3O2S/c1-3-16(4-2)11-7-9-17(10-11)20(18,19)13-12(14)6-5-8-15-13/h5-6,8,11H,3-4,7,9-10H2,1-2H3. The monoisotopic (exact) mass is 301 g/mol. The number of aromatic nitrogens is 1. The van der Waals surface area contributed by atoms with Crippen molar-refractivity contribution in [2.75, 3.05) is 26.2 Å². The molecule has 1 saturated heterocycles. The van der Waals surface area contributed by atoms with E-state index in [1.807, 2.05) is 0 Å². The Morgan fingerprint density at radius 3 is 2.75 bits per heavy atom.